The molecule has 5 rings (SSSR count). The lowest BCUT2D eigenvalue weighted by Gasteiger charge is -2.54. The number of Topliss-reactive ketones (excluding diaryl/α,β-unsaturated/α-hetero) is 1. The highest BCUT2D eigenvalue weighted by molar-refractivity contribution is 5.85. The summed E-state index contributed by atoms with van der Waals surface area (Å²) in [5, 5.41) is 0. The van der Waals surface area contributed by atoms with Gasteiger partial charge in [0.1, 0.15) is 18.7 Å². The standard InChI is InChI=1S/C46H58O9/c1-30(23-31(2)42(55-46(48)34(5)50-7)33(4)51-26-35-17-11-8-12-18-35)39-24-38(47)25-40-41(39)43(52-27-36-19-13-9-14-20-36)32(3)44(45(40)54-29-49-6)53-28-37-21-15-10-16-22-37/h8-23,31-33,39-45H,5,24-29H2,1-4,6-7H3/b30-23+/t31-,32-,33-,39+,40-,41+,42+,43-,44-,45-/m1/s1. The van der Waals surface area contributed by atoms with E-state index in [0.717, 1.165) is 22.3 Å². The van der Waals surface area contributed by atoms with Crippen molar-refractivity contribution in [2.45, 2.75) is 90.9 Å². The van der Waals surface area contributed by atoms with Crippen LogP contribution in [-0.2, 0) is 62.6 Å². The monoisotopic (exact) mass is 754 g/mol. The minimum atomic E-state index is -0.669. The van der Waals surface area contributed by atoms with Gasteiger partial charge in [0, 0.05) is 37.7 Å². The van der Waals surface area contributed by atoms with Gasteiger partial charge >= 0.3 is 5.97 Å². The van der Waals surface area contributed by atoms with Gasteiger partial charge in [-0.15, -0.1) is 0 Å². The minimum absolute atomic E-state index is 0.0701. The highest BCUT2D eigenvalue weighted by atomic mass is 16.7. The number of allylic oxidation sites excluding steroid dienone is 1. The summed E-state index contributed by atoms with van der Waals surface area (Å²) in [7, 11) is 2.99. The van der Waals surface area contributed by atoms with Crippen LogP contribution in [0.5, 0.6) is 0 Å². The summed E-state index contributed by atoms with van der Waals surface area (Å²) in [6, 6.07) is 30.1. The molecule has 0 bridgehead atoms. The molecule has 0 amide bonds. The molecular weight excluding hydrogens is 696 g/mol. The van der Waals surface area contributed by atoms with Gasteiger partial charge in [-0.1, -0.05) is 116 Å². The van der Waals surface area contributed by atoms with Gasteiger partial charge in [-0.2, -0.15) is 0 Å². The first kappa shape index (κ1) is 42.0. The fourth-order valence-electron chi connectivity index (χ4n) is 8.36. The van der Waals surface area contributed by atoms with Crippen LogP contribution in [0.3, 0.4) is 0 Å². The second kappa shape index (κ2) is 20.7. The Kier molecular flexibility index (Phi) is 15.8. The first-order valence-corrected chi connectivity index (χ1v) is 19.3. The Balaban J connectivity index is 1.47. The molecule has 3 aromatic carbocycles. The van der Waals surface area contributed by atoms with Crippen LogP contribution in [0.4, 0.5) is 0 Å². The topological polar surface area (TPSA) is 98.8 Å². The van der Waals surface area contributed by atoms with Crippen LogP contribution >= 0.6 is 0 Å². The molecule has 2 aliphatic carbocycles. The smallest absolute Gasteiger partial charge is 0.373 e. The fourth-order valence-corrected chi connectivity index (χ4v) is 8.36. The van der Waals surface area contributed by atoms with Crippen LogP contribution < -0.4 is 0 Å². The molecule has 9 nitrogen and oxygen atoms in total. The van der Waals surface area contributed by atoms with Gasteiger partial charge < -0.3 is 33.2 Å². The molecule has 0 saturated heterocycles. The number of hydrogen-bond donors (Lipinski definition) is 0. The van der Waals surface area contributed by atoms with E-state index in [1.54, 1.807) is 7.11 Å². The molecule has 0 aromatic heterocycles. The second-order valence-corrected chi connectivity index (χ2v) is 15.0. The zero-order valence-corrected chi connectivity index (χ0v) is 33.1. The molecule has 0 aliphatic heterocycles. The number of ether oxygens (including phenoxy) is 7. The minimum Gasteiger partial charge on any atom is -0.490 e. The lowest BCUT2D eigenvalue weighted by atomic mass is 9.57. The second-order valence-electron chi connectivity index (χ2n) is 15.0. The van der Waals surface area contributed by atoms with Gasteiger partial charge in [-0.25, -0.2) is 4.79 Å². The van der Waals surface area contributed by atoms with Gasteiger partial charge in [-0.3, -0.25) is 4.79 Å². The van der Waals surface area contributed by atoms with E-state index in [1.807, 2.05) is 92.7 Å². The Morgan fingerprint density at radius 3 is 1.87 bits per heavy atom. The van der Waals surface area contributed by atoms with Crippen molar-refractivity contribution in [1.82, 2.24) is 0 Å². The number of carbonyl (C=O) groups is 2. The number of benzene rings is 3. The van der Waals surface area contributed by atoms with Crippen molar-refractivity contribution in [2.75, 3.05) is 21.0 Å². The number of fused-ring (bicyclic) bond motifs is 1. The van der Waals surface area contributed by atoms with E-state index in [9.17, 15) is 9.59 Å². The molecule has 296 valence electrons. The van der Waals surface area contributed by atoms with Crippen LogP contribution in [0.15, 0.2) is 115 Å². The van der Waals surface area contributed by atoms with Crippen molar-refractivity contribution in [3.05, 3.63) is 132 Å². The number of carbonyl (C=O) groups excluding carboxylic acids is 2. The highest BCUT2D eigenvalue weighted by Crippen LogP contribution is 2.50. The lowest BCUT2D eigenvalue weighted by molar-refractivity contribution is -0.234. The number of hydrogen-bond acceptors (Lipinski definition) is 9. The molecule has 2 fully saturated rings. The van der Waals surface area contributed by atoms with Crippen molar-refractivity contribution < 1.29 is 42.7 Å². The van der Waals surface area contributed by atoms with E-state index in [1.165, 1.54) is 7.11 Å². The van der Waals surface area contributed by atoms with E-state index in [4.69, 9.17) is 33.2 Å². The van der Waals surface area contributed by atoms with Crippen molar-refractivity contribution in [3.63, 3.8) is 0 Å². The molecule has 0 N–H and O–H groups in total. The zero-order valence-electron chi connectivity index (χ0n) is 33.1. The molecule has 10 atom stereocenters. The maximum absolute atomic E-state index is 13.8. The van der Waals surface area contributed by atoms with E-state index in [-0.39, 0.29) is 60.1 Å². The summed E-state index contributed by atoms with van der Waals surface area (Å²) >= 11 is 0. The number of ketones is 1. The van der Waals surface area contributed by atoms with Gasteiger partial charge in [0.15, 0.2) is 5.76 Å². The third kappa shape index (κ3) is 11.2. The maximum Gasteiger partial charge on any atom is 0.373 e. The summed E-state index contributed by atoms with van der Waals surface area (Å²) in [6.45, 7) is 13.1. The van der Waals surface area contributed by atoms with E-state index >= 15 is 0 Å². The molecule has 0 spiro atoms. The molecule has 9 heteroatoms. The summed E-state index contributed by atoms with van der Waals surface area (Å²) in [6.07, 6.45) is 0.688. The van der Waals surface area contributed by atoms with Gasteiger partial charge in [-0.05, 0) is 49.0 Å². The normalized spacial score (nSPS) is 25.7. The predicted molar refractivity (Wildman–Crippen MR) is 210 cm³/mol. The summed E-state index contributed by atoms with van der Waals surface area (Å²) in [5.74, 6) is -1.37. The Labute approximate surface area is 326 Å². The van der Waals surface area contributed by atoms with Crippen LogP contribution in [0, 0.1) is 29.6 Å². The van der Waals surface area contributed by atoms with Crippen LogP contribution in [0.1, 0.15) is 57.2 Å². The van der Waals surface area contributed by atoms with E-state index in [2.05, 4.69) is 38.6 Å². The van der Waals surface area contributed by atoms with Crippen molar-refractivity contribution >= 4 is 11.8 Å². The van der Waals surface area contributed by atoms with Crippen molar-refractivity contribution in [3.8, 4) is 0 Å². The summed E-state index contributed by atoms with van der Waals surface area (Å²) in [4.78, 5) is 26.8. The molecule has 2 aliphatic rings. The number of methoxy groups -OCH3 is 2. The molecule has 3 aromatic rings. The number of rotatable bonds is 19. The third-order valence-electron chi connectivity index (χ3n) is 11.1. The Bertz CT molecular complexity index is 1680. The van der Waals surface area contributed by atoms with Gasteiger partial charge in [0.25, 0.3) is 0 Å². The SMILES string of the molecule is C=C(OC)C(=O)O[C@@H]([C@H](C)/C=C(\C)[C@@H]1CC(=O)C[C@H]2[C@@H](OCOC)[C@H](OCc3ccccc3)[C@H](C)[C@@H](OCc3ccccc3)[C@H]21)[C@@H](C)OCc1ccccc1. The average Bonchev–Trinajstić information content (AvgIpc) is 3.20. The average molecular weight is 755 g/mol. The highest BCUT2D eigenvalue weighted by Gasteiger charge is 2.56. The first-order chi connectivity index (χ1) is 26.6. The predicted octanol–water partition coefficient (Wildman–Crippen LogP) is 8.27. The van der Waals surface area contributed by atoms with Crippen LogP contribution in [0.25, 0.3) is 0 Å². The largest absolute Gasteiger partial charge is 0.490 e. The molecule has 0 radical (unpaired) electrons. The maximum atomic E-state index is 13.8. The van der Waals surface area contributed by atoms with Crippen molar-refractivity contribution in [1.29, 1.82) is 0 Å². The molecule has 0 unspecified atom stereocenters. The van der Waals surface area contributed by atoms with Crippen LogP contribution in [0.2, 0.25) is 0 Å². The summed E-state index contributed by atoms with van der Waals surface area (Å²) in [5.41, 5.74) is 4.16. The van der Waals surface area contributed by atoms with E-state index < -0.39 is 24.3 Å². The molecule has 55 heavy (non-hydrogen) atoms. The lowest BCUT2D eigenvalue weighted by Crippen LogP contribution is -2.61. The zero-order chi connectivity index (χ0) is 39.3. The van der Waals surface area contributed by atoms with Crippen molar-refractivity contribution in [2.24, 2.45) is 29.6 Å². The third-order valence-corrected chi connectivity index (χ3v) is 11.1. The van der Waals surface area contributed by atoms with E-state index in [0.29, 0.717) is 32.7 Å². The molecule has 0 heterocycles. The molecular formula is C46H58O9. The Hall–Kier alpha value is -4.12. The Morgan fingerprint density at radius 1 is 0.782 bits per heavy atom. The first-order valence-electron chi connectivity index (χ1n) is 19.3. The van der Waals surface area contributed by atoms with Gasteiger partial charge in [0.05, 0.1) is 51.3 Å². The summed E-state index contributed by atoms with van der Waals surface area (Å²) < 4.78 is 43.0. The van der Waals surface area contributed by atoms with Crippen LogP contribution in [-0.4, -0.2) is 63.3 Å². The van der Waals surface area contributed by atoms with Gasteiger partial charge in [0.2, 0.25) is 0 Å². The number of esters is 1. The Morgan fingerprint density at radius 2 is 1.33 bits per heavy atom. The molecule has 2 saturated carbocycles. The fraction of sp³-hybridized carbons (Fsp3) is 0.478. The quantitative estimate of drug-likeness (QED) is 0.0394.